The molecule has 3 rings (SSSR count). The summed E-state index contributed by atoms with van der Waals surface area (Å²) in [5.41, 5.74) is 2.73. The maximum absolute atomic E-state index is 12.7. The Labute approximate surface area is 149 Å². The Morgan fingerprint density at radius 2 is 1.62 bits per heavy atom. The number of nitriles is 1. The number of alkyl halides is 3. The molecule has 0 N–H and O–H groups in total. The van der Waals surface area contributed by atoms with Crippen LogP contribution in [0.3, 0.4) is 0 Å². The number of para-hydroxylation sites is 1. The highest BCUT2D eigenvalue weighted by Gasteiger charge is 2.30. The van der Waals surface area contributed by atoms with Gasteiger partial charge in [0.05, 0.1) is 17.2 Å². The lowest BCUT2D eigenvalue weighted by atomic mass is 10.0. The number of hydrogen-bond donors (Lipinski definition) is 0. The predicted octanol–water partition coefficient (Wildman–Crippen LogP) is 5.87. The molecule has 130 valence electrons. The van der Waals surface area contributed by atoms with Crippen LogP contribution < -0.4 is 0 Å². The van der Waals surface area contributed by atoms with Gasteiger partial charge in [0.15, 0.2) is 0 Å². The van der Waals surface area contributed by atoms with E-state index in [1.807, 2.05) is 54.0 Å². The van der Waals surface area contributed by atoms with Crippen molar-refractivity contribution in [1.82, 2.24) is 4.57 Å². The number of aromatic nitrogens is 1. The van der Waals surface area contributed by atoms with Crippen LogP contribution >= 0.6 is 0 Å². The fourth-order valence-corrected chi connectivity index (χ4v) is 2.77. The minimum atomic E-state index is -4.39. The van der Waals surface area contributed by atoms with Crippen molar-refractivity contribution in [2.24, 2.45) is 0 Å². The zero-order valence-electron chi connectivity index (χ0n) is 14.0. The van der Waals surface area contributed by atoms with E-state index in [9.17, 15) is 18.4 Å². The molecule has 2 aromatic carbocycles. The average Bonchev–Trinajstić information content (AvgIpc) is 3.00. The number of aryl methyl sites for hydroxylation is 1. The van der Waals surface area contributed by atoms with Crippen LogP contribution in [0.15, 0.2) is 66.7 Å². The van der Waals surface area contributed by atoms with Crippen molar-refractivity contribution in [3.8, 4) is 11.8 Å². The van der Waals surface area contributed by atoms with Gasteiger partial charge in [-0.3, -0.25) is 0 Å². The molecule has 0 unspecified atom stereocenters. The number of allylic oxidation sites excluding steroid dienone is 1. The smallest absolute Gasteiger partial charge is 0.314 e. The van der Waals surface area contributed by atoms with Crippen LogP contribution in [0.5, 0.6) is 0 Å². The summed E-state index contributed by atoms with van der Waals surface area (Å²) >= 11 is 0. The lowest BCUT2D eigenvalue weighted by Crippen LogP contribution is -2.04. The summed E-state index contributed by atoms with van der Waals surface area (Å²) in [7, 11) is 0. The molecule has 0 fully saturated rings. The van der Waals surface area contributed by atoms with E-state index in [1.165, 1.54) is 12.1 Å². The number of benzene rings is 2. The molecule has 0 aliphatic rings. The molecule has 0 spiro atoms. The Morgan fingerprint density at radius 1 is 0.962 bits per heavy atom. The molecular formula is C21H15F3N2. The topological polar surface area (TPSA) is 28.7 Å². The maximum atomic E-state index is 12.7. The number of rotatable bonds is 3. The second-order valence-electron chi connectivity index (χ2n) is 5.82. The fourth-order valence-electron chi connectivity index (χ4n) is 2.77. The highest BCUT2D eigenvalue weighted by Crippen LogP contribution is 2.30. The van der Waals surface area contributed by atoms with E-state index < -0.39 is 11.7 Å². The Morgan fingerprint density at radius 3 is 2.19 bits per heavy atom. The van der Waals surface area contributed by atoms with E-state index >= 15 is 0 Å². The Bertz CT molecular complexity index is 973. The minimum Gasteiger partial charge on any atom is -0.314 e. The molecule has 0 bridgehead atoms. The largest absolute Gasteiger partial charge is 0.416 e. The van der Waals surface area contributed by atoms with Gasteiger partial charge in [0.1, 0.15) is 0 Å². The van der Waals surface area contributed by atoms with E-state index in [4.69, 9.17) is 0 Å². The van der Waals surface area contributed by atoms with Crippen LogP contribution in [0.2, 0.25) is 0 Å². The van der Waals surface area contributed by atoms with Crippen molar-refractivity contribution < 1.29 is 13.2 Å². The third-order valence-corrected chi connectivity index (χ3v) is 4.06. The average molecular weight is 352 g/mol. The summed E-state index contributed by atoms with van der Waals surface area (Å²) in [5, 5.41) is 9.49. The first-order chi connectivity index (χ1) is 12.4. The number of halogens is 3. The molecular weight excluding hydrogens is 337 g/mol. The summed E-state index contributed by atoms with van der Waals surface area (Å²) in [6.45, 7) is 1.95. The van der Waals surface area contributed by atoms with Gasteiger partial charge in [-0.2, -0.15) is 18.4 Å². The first-order valence-electron chi connectivity index (χ1n) is 7.93. The minimum absolute atomic E-state index is 0.300. The van der Waals surface area contributed by atoms with E-state index in [1.54, 1.807) is 6.08 Å². The Balaban J connectivity index is 2.03. The molecule has 26 heavy (non-hydrogen) atoms. The van der Waals surface area contributed by atoms with Crippen molar-refractivity contribution in [2.75, 3.05) is 0 Å². The number of nitrogens with zero attached hydrogens (tertiary/aromatic N) is 2. The predicted molar refractivity (Wildman–Crippen MR) is 95.4 cm³/mol. The summed E-state index contributed by atoms with van der Waals surface area (Å²) < 4.78 is 40.1. The van der Waals surface area contributed by atoms with Crippen molar-refractivity contribution in [1.29, 1.82) is 5.26 Å². The lowest BCUT2D eigenvalue weighted by molar-refractivity contribution is -0.137. The van der Waals surface area contributed by atoms with Gasteiger partial charge in [0.2, 0.25) is 0 Å². The zero-order valence-corrected chi connectivity index (χ0v) is 14.0. The molecule has 0 saturated carbocycles. The molecule has 2 nitrogen and oxygen atoms in total. The number of hydrogen-bond acceptors (Lipinski definition) is 1. The third-order valence-electron chi connectivity index (χ3n) is 4.06. The van der Waals surface area contributed by atoms with Crippen LogP contribution in [0, 0.1) is 18.3 Å². The standard InChI is InChI=1S/C21H15F3N2/c1-15-7-12-20(26(15)19-5-3-2-4-6-19)13-17(14-25)16-8-10-18(11-9-16)21(22,23)24/h2-13H,1H3/b17-13-. The lowest BCUT2D eigenvalue weighted by Gasteiger charge is -2.10. The zero-order chi connectivity index (χ0) is 18.7. The molecule has 0 aliphatic heterocycles. The van der Waals surface area contributed by atoms with E-state index in [2.05, 4.69) is 6.07 Å². The molecule has 3 aromatic rings. The van der Waals surface area contributed by atoms with E-state index in [-0.39, 0.29) is 0 Å². The van der Waals surface area contributed by atoms with E-state index in [0.717, 1.165) is 29.2 Å². The summed E-state index contributed by atoms with van der Waals surface area (Å²) in [6.07, 6.45) is -2.71. The van der Waals surface area contributed by atoms with Gasteiger partial charge >= 0.3 is 6.18 Å². The maximum Gasteiger partial charge on any atom is 0.416 e. The molecule has 0 amide bonds. The third kappa shape index (κ3) is 3.55. The van der Waals surface area contributed by atoms with Gasteiger partial charge in [-0.25, -0.2) is 0 Å². The first kappa shape index (κ1) is 17.6. The van der Waals surface area contributed by atoms with Gasteiger partial charge in [-0.15, -0.1) is 0 Å². The van der Waals surface area contributed by atoms with Crippen LogP contribution in [-0.4, -0.2) is 4.57 Å². The van der Waals surface area contributed by atoms with Crippen molar-refractivity contribution in [3.63, 3.8) is 0 Å². The second-order valence-corrected chi connectivity index (χ2v) is 5.82. The molecule has 0 aliphatic carbocycles. The molecule has 1 aromatic heterocycles. The Hall–Kier alpha value is -3.26. The first-order valence-corrected chi connectivity index (χ1v) is 7.93. The molecule has 5 heteroatoms. The molecule has 0 saturated heterocycles. The second kappa shape index (κ2) is 6.93. The molecule has 0 radical (unpaired) electrons. The van der Waals surface area contributed by atoms with E-state index in [0.29, 0.717) is 11.1 Å². The van der Waals surface area contributed by atoms with Crippen LogP contribution in [-0.2, 0) is 6.18 Å². The van der Waals surface area contributed by atoms with Gasteiger partial charge < -0.3 is 4.57 Å². The molecule has 0 atom stereocenters. The normalized spacial score (nSPS) is 12.0. The van der Waals surface area contributed by atoms with Gasteiger partial charge in [-0.1, -0.05) is 30.3 Å². The van der Waals surface area contributed by atoms with Crippen molar-refractivity contribution in [3.05, 3.63) is 89.2 Å². The highest BCUT2D eigenvalue weighted by molar-refractivity contribution is 5.89. The monoisotopic (exact) mass is 352 g/mol. The quantitative estimate of drug-likeness (QED) is 0.542. The van der Waals surface area contributed by atoms with Crippen LogP contribution in [0.4, 0.5) is 13.2 Å². The van der Waals surface area contributed by atoms with Gasteiger partial charge in [-0.05, 0) is 55.0 Å². The Kier molecular flexibility index (Phi) is 4.68. The van der Waals surface area contributed by atoms with Crippen molar-refractivity contribution >= 4 is 11.6 Å². The van der Waals surface area contributed by atoms with Crippen LogP contribution in [0.1, 0.15) is 22.5 Å². The van der Waals surface area contributed by atoms with Crippen LogP contribution in [0.25, 0.3) is 17.3 Å². The molecule has 1 heterocycles. The van der Waals surface area contributed by atoms with Gasteiger partial charge in [0, 0.05) is 17.1 Å². The highest BCUT2D eigenvalue weighted by atomic mass is 19.4. The fraction of sp³-hybridized carbons (Fsp3) is 0.0952. The summed E-state index contributed by atoms with van der Waals surface area (Å²) in [4.78, 5) is 0. The SMILES string of the molecule is Cc1ccc(/C=C(/C#N)c2ccc(C(F)(F)F)cc2)n1-c1ccccc1. The summed E-state index contributed by atoms with van der Waals surface area (Å²) in [6, 6.07) is 20.2. The van der Waals surface area contributed by atoms with Crippen molar-refractivity contribution in [2.45, 2.75) is 13.1 Å². The van der Waals surface area contributed by atoms with Gasteiger partial charge in [0.25, 0.3) is 0 Å². The summed E-state index contributed by atoms with van der Waals surface area (Å²) in [5.74, 6) is 0.